The molecule has 2 saturated heterocycles. The molecule has 2 fully saturated rings. The van der Waals surface area contributed by atoms with Crippen LogP contribution in [-0.2, 0) is 9.47 Å². The molecular weight excluding hydrogens is 851 g/mol. The average Bonchev–Trinajstić information content (AvgIpc) is 4.05. The molecule has 0 radical (unpaired) electrons. The number of nitrogens with one attached hydrogen (secondary N) is 2. The number of hydrogen-bond acceptors (Lipinski definition) is 15. The molecule has 0 saturated carbocycles. The van der Waals surface area contributed by atoms with Crippen LogP contribution < -0.4 is 16.4 Å². The molecule has 2 aliphatic heterocycles. The van der Waals surface area contributed by atoms with Crippen LogP contribution in [0.1, 0.15) is 103 Å². The van der Waals surface area contributed by atoms with Gasteiger partial charge in [0.25, 0.3) is 0 Å². The number of aryl methyl sites for hydroxylation is 2. The maximum absolute atomic E-state index is 12.5. The van der Waals surface area contributed by atoms with Gasteiger partial charge in [-0.25, -0.2) is 24.7 Å². The monoisotopic (exact) mass is 907 g/mol. The number of hydrogen-bond donors (Lipinski definition) is 4. The van der Waals surface area contributed by atoms with Crippen molar-refractivity contribution >= 4 is 35.0 Å². The lowest BCUT2D eigenvalue weighted by Gasteiger charge is -2.22. The molecule has 0 bridgehead atoms. The average molecular weight is 908 g/mol. The minimum Gasteiger partial charge on any atom is -0.478 e. The maximum Gasteiger partial charge on any atom is 0.335 e. The number of carbonyl (C=O) groups excluding carboxylic acids is 1. The van der Waals surface area contributed by atoms with Crippen LogP contribution in [0.25, 0.3) is 22.5 Å². The number of carbonyl (C=O) groups is 2. The highest BCUT2D eigenvalue weighted by Crippen LogP contribution is 2.28. The Kier molecular flexibility index (Phi) is 17.7. The zero-order chi connectivity index (χ0) is 47.7. The van der Waals surface area contributed by atoms with Crippen LogP contribution in [0.5, 0.6) is 0 Å². The van der Waals surface area contributed by atoms with Gasteiger partial charge >= 0.3 is 5.97 Å². The molecule has 8 rings (SSSR count). The van der Waals surface area contributed by atoms with Gasteiger partial charge < -0.3 is 30.9 Å². The summed E-state index contributed by atoms with van der Waals surface area (Å²) in [5.41, 5.74) is 12.8. The SMILES string of the molecule is CC[C@@H](C#N)CC(=O)c1ccc(-c2nc(Nc3cnn(C4CCOCC4)c3)ncc2C)cc1.CC[C@H](N)C#N.Cc1cnc(Nc2cnn(C3CCOCC3)c2)nc1-c1ccc(C(=O)O)cc1. The van der Waals surface area contributed by atoms with Gasteiger partial charge in [-0.1, -0.05) is 50.2 Å². The number of ether oxygens (including phenoxy) is 2. The van der Waals surface area contributed by atoms with Crippen LogP contribution in [-0.4, -0.2) is 88.8 Å². The molecule has 0 amide bonds. The first-order valence-electron chi connectivity index (χ1n) is 22.5. The quantitative estimate of drug-likeness (QED) is 0.0746. The van der Waals surface area contributed by atoms with Crippen molar-refractivity contribution < 1.29 is 24.2 Å². The van der Waals surface area contributed by atoms with Gasteiger partial charge in [-0.3, -0.25) is 14.2 Å². The maximum atomic E-state index is 12.5. The third kappa shape index (κ3) is 13.8. The van der Waals surface area contributed by atoms with Crippen molar-refractivity contribution in [2.45, 2.75) is 90.8 Å². The molecule has 18 nitrogen and oxygen atoms in total. The summed E-state index contributed by atoms with van der Waals surface area (Å²) < 4.78 is 14.8. The highest BCUT2D eigenvalue weighted by Gasteiger charge is 2.19. The zero-order valence-electron chi connectivity index (χ0n) is 38.3. The Balaban J connectivity index is 0.000000199. The number of nitrogens with two attached hydrogens (primary N) is 1. The summed E-state index contributed by atoms with van der Waals surface area (Å²) in [5.74, 6) is -0.254. The highest BCUT2D eigenvalue weighted by molar-refractivity contribution is 5.96. The normalized spacial score (nSPS) is 14.7. The Morgan fingerprint density at radius 2 is 1.16 bits per heavy atom. The molecule has 0 spiro atoms. The standard InChI is InChI=1S/C25H28N6O2.C20H21N5O3.C4H8N2/c1-3-18(13-26)12-23(32)19-4-6-20(7-5-19)24-17(2)14-27-25(30-24)29-21-15-28-31(16-21)22-8-10-33-11-9-22;1-13-10-21-20(24-18(13)14-2-4-15(5-3-14)19(26)27)23-16-11-22-25(12-16)17-6-8-28-9-7-17;1-2-4(6)3-5/h4-7,14-16,18,22H,3,8-12H2,1-2H3,(H,27,29,30);2-5,10-12,17H,6-9H2,1H3,(H,26,27)(H,21,23,24);4H,2,6H2,1H3/t18-;;4-/m1.0/s1. The fourth-order valence-corrected chi connectivity index (χ4v) is 7.25. The highest BCUT2D eigenvalue weighted by atomic mass is 16.5. The number of carboxylic acids is 1. The minimum atomic E-state index is -0.949. The van der Waals surface area contributed by atoms with Gasteiger partial charge in [0.2, 0.25) is 11.9 Å². The number of nitriles is 2. The van der Waals surface area contributed by atoms with Crippen molar-refractivity contribution in [1.82, 2.24) is 39.5 Å². The second kappa shape index (κ2) is 24.2. The van der Waals surface area contributed by atoms with E-state index in [0.29, 0.717) is 36.0 Å². The molecule has 5 N–H and O–H groups in total. The first kappa shape index (κ1) is 49.1. The fraction of sp³-hybridized carbons (Fsp3) is 0.388. The van der Waals surface area contributed by atoms with E-state index >= 15 is 0 Å². The van der Waals surface area contributed by atoms with Crippen LogP contribution in [0.4, 0.5) is 23.3 Å². The summed E-state index contributed by atoms with van der Waals surface area (Å²) in [4.78, 5) is 41.6. The lowest BCUT2D eigenvalue weighted by molar-refractivity contribution is 0.0661. The summed E-state index contributed by atoms with van der Waals surface area (Å²) in [7, 11) is 0. The molecule has 0 aliphatic carbocycles. The van der Waals surface area contributed by atoms with E-state index in [0.717, 1.165) is 104 Å². The number of carboxylic acid groups (broad SMARTS) is 1. The van der Waals surface area contributed by atoms with E-state index in [1.54, 1.807) is 61.2 Å². The molecule has 6 heterocycles. The molecule has 6 aromatic rings. The van der Waals surface area contributed by atoms with Crippen LogP contribution in [0.2, 0.25) is 0 Å². The molecule has 2 aliphatic rings. The van der Waals surface area contributed by atoms with E-state index in [1.165, 1.54) is 0 Å². The summed E-state index contributed by atoms with van der Waals surface area (Å²) in [6.45, 7) is 10.7. The summed E-state index contributed by atoms with van der Waals surface area (Å²) in [6, 6.07) is 18.6. The van der Waals surface area contributed by atoms with Gasteiger partial charge in [0.1, 0.15) is 0 Å². The van der Waals surface area contributed by atoms with Crippen LogP contribution >= 0.6 is 0 Å². The second-order valence-electron chi connectivity index (χ2n) is 16.3. The molecule has 2 aromatic carbocycles. The molecule has 18 heteroatoms. The van der Waals surface area contributed by atoms with Gasteiger partial charge in [-0.15, -0.1) is 0 Å². The van der Waals surface area contributed by atoms with E-state index < -0.39 is 5.97 Å². The molecule has 348 valence electrons. The first-order chi connectivity index (χ1) is 32.5. The van der Waals surface area contributed by atoms with Crippen molar-refractivity contribution in [1.29, 1.82) is 10.5 Å². The van der Waals surface area contributed by atoms with Gasteiger partial charge in [0.15, 0.2) is 5.78 Å². The van der Waals surface area contributed by atoms with Crippen LogP contribution in [0, 0.1) is 42.4 Å². The van der Waals surface area contributed by atoms with Crippen molar-refractivity contribution in [3.63, 3.8) is 0 Å². The van der Waals surface area contributed by atoms with E-state index in [1.807, 2.05) is 67.7 Å². The molecular formula is C49H57N13O5. The third-order valence-electron chi connectivity index (χ3n) is 11.4. The molecule has 67 heavy (non-hydrogen) atoms. The van der Waals surface area contributed by atoms with Gasteiger partial charge in [-0.05, 0) is 75.6 Å². The van der Waals surface area contributed by atoms with E-state index in [4.69, 9.17) is 35.8 Å². The van der Waals surface area contributed by atoms with Crippen molar-refractivity contribution in [3.05, 3.63) is 108 Å². The predicted octanol–water partition coefficient (Wildman–Crippen LogP) is 8.56. The Morgan fingerprint density at radius 1 is 0.716 bits per heavy atom. The van der Waals surface area contributed by atoms with Gasteiger partial charge in [0, 0.05) is 74.3 Å². The minimum absolute atomic E-state index is 0.0155. The fourth-order valence-electron chi connectivity index (χ4n) is 7.25. The third-order valence-corrected chi connectivity index (χ3v) is 11.4. The number of aromatic carboxylic acids is 1. The van der Waals surface area contributed by atoms with E-state index in [9.17, 15) is 9.59 Å². The number of anilines is 4. The molecule has 0 unspecified atom stereocenters. The summed E-state index contributed by atoms with van der Waals surface area (Å²) in [5, 5.41) is 41.5. The van der Waals surface area contributed by atoms with Crippen LogP contribution in [0.3, 0.4) is 0 Å². The summed E-state index contributed by atoms with van der Waals surface area (Å²) in [6.07, 6.45) is 16.5. The Labute approximate surface area is 390 Å². The molecule has 4 aromatic heterocycles. The van der Waals surface area contributed by atoms with Crippen molar-refractivity contribution in [3.8, 4) is 34.7 Å². The van der Waals surface area contributed by atoms with Crippen molar-refractivity contribution in [2.75, 3.05) is 37.1 Å². The number of nitrogens with zero attached hydrogens (tertiary/aromatic N) is 10. The number of Topliss-reactive ketones (excluding diaryl/α,β-unsaturated/α-hetero) is 1. The van der Waals surface area contributed by atoms with E-state index in [-0.39, 0.29) is 29.7 Å². The first-order valence-corrected chi connectivity index (χ1v) is 22.5. The number of rotatable bonds is 14. The van der Waals surface area contributed by atoms with Gasteiger partial charge in [0.05, 0.1) is 76.9 Å². The number of aromatic nitrogens is 8. The van der Waals surface area contributed by atoms with Crippen LogP contribution in [0.15, 0.2) is 85.7 Å². The summed E-state index contributed by atoms with van der Waals surface area (Å²) >= 11 is 0. The topological polar surface area (TPSA) is 258 Å². The smallest absolute Gasteiger partial charge is 0.335 e. The number of ketones is 1. The second-order valence-corrected chi connectivity index (χ2v) is 16.3. The predicted molar refractivity (Wildman–Crippen MR) is 253 cm³/mol. The Hall–Kier alpha value is -7.38. The lowest BCUT2D eigenvalue weighted by atomic mass is 9.96. The number of benzene rings is 2. The Bertz CT molecular complexity index is 2640. The van der Waals surface area contributed by atoms with Gasteiger partial charge in [-0.2, -0.15) is 20.7 Å². The Morgan fingerprint density at radius 3 is 1.54 bits per heavy atom. The van der Waals surface area contributed by atoms with E-state index in [2.05, 4.69) is 41.9 Å². The zero-order valence-corrected chi connectivity index (χ0v) is 38.3. The van der Waals surface area contributed by atoms with Crippen molar-refractivity contribution in [2.24, 2.45) is 11.7 Å². The largest absolute Gasteiger partial charge is 0.478 e. The molecule has 2 atom stereocenters. The lowest BCUT2D eigenvalue weighted by Crippen LogP contribution is -2.19.